The van der Waals surface area contributed by atoms with E-state index >= 15 is 0 Å². The number of rotatable bonds is 5. The maximum atomic E-state index is 12.3. The van der Waals surface area contributed by atoms with Crippen LogP contribution in [0.5, 0.6) is 0 Å². The Bertz CT molecular complexity index is 528. The molecule has 0 spiro atoms. The quantitative estimate of drug-likeness (QED) is 0.872. The topological polar surface area (TPSA) is 58.2 Å². The van der Waals surface area contributed by atoms with Crippen molar-refractivity contribution in [3.63, 3.8) is 0 Å². The Morgan fingerprint density at radius 2 is 2.00 bits per heavy atom. The Morgan fingerprint density at radius 3 is 2.63 bits per heavy atom. The second-order valence-electron chi connectivity index (χ2n) is 5.27. The Balaban J connectivity index is 2.09. The van der Waals surface area contributed by atoms with Crippen molar-refractivity contribution in [2.24, 2.45) is 11.8 Å². The summed E-state index contributed by atoms with van der Waals surface area (Å²) >= 11 is 0. The summed E-state index contributed by atoms with van der Waals surface area (Å²) < 4.78 is 27.4. The summed E-state index contributed by atoms with van der Waals surface area (Å²) in [6, 6.07) is 6.97. The van der Waals surface area contributed by atoms with Crippen molar-refractivity contribution in [1.29, 1.82) is 0 Å². The van der Waals surface area contributed by atoms with Crippen LogP contribution in [0, 0.1) is 11.8 Å². The van der Waals surface area contributed by atoms with Gasteiger partial charge < -0.3 is 5.32 Å². The van der Waals surface area contributed by atoms with Gasteiger partial charge in [0.15, 0.2) is 0 Å². The summed E-state index contributed by atoms with van der Waals surface area (Å²) in [4.78, 5) is 0.322. The van der Waals surface area contributed by atoms with Crippen LogP contribution in [0.4, 0.5) is 5.69 Å². The van der Waals surface area contributed by atoms with Crippen LogP contribution in [-0.4, -0.2) is 22.0 Å². The molecule has 0 aromatic heterocycles. The molecule has 2 rings (SSSR count). The molecule has 0 heterocycles. The van der Waals surface area contributed by atoms with Gasteiger partial charge in [0.1, 0.15) is 4.90 Å². The molecule has 4 nitrogen and oxygen atoms in total. The molecule has 19 heavy (non-hydrogen) atoms. The van der Waals surface area contributed by atoms with Crippen LogP contribution in [0.3, 0.4) is 0 Å². The van der Waals surface area contributed by atoms with E-state index in [0.29, 0.717) is 29.0 Å². The zero-order chi connectivity index (χ0) is 13.9. The molecule has 0 amide bonds. The van der Waals surface area contributed by atoms with Crippen LogP contribution < -0.4 is 10.0 Å². The van der Waals surface area contributed by atoms with Gasteiger partial charge in [0.05, 0.1) is 5.69 Å². The summed E-state index contributed by atoms with van der Waals surface area (Å²) in [5, 5.41) is 2.92. The second-order valence-corrected chi connectivity index (χ2v) is 7.00. The molecule has 2 unspecified atom stereocenters. The molecule has 1 fully saturated rings. The highest BCUT2D eigenvalue weighted by Crippen LogP contribution is 2.31. The number of benzene rings is 1. The van der Waals surface area contributed by atoms with E-state index in [2.05, 4.69) is 17.0 Å². The number of anilines is 1. The van der Waals surface area contributed by atoms with Crippen molar-refractivity contribution >= 4 is 15.7 Å². The zero-order valence-electron chi connectivity index (χ0n) is 11.5. The molecule has 106 valence electrons. The molecule has 1 aromatic carbocycles. The number of sulfonamides is 1. The molecule has 2 atom stereocenters. The van der Waals surface area contributed by atoms with Crippen LogP contribution in [-0.2, 0) is 10.0 Å². The van der Waals surface area contributed by atoms with Crippen LogP contribution in [0.1, 0.15) is 26.2 Å². The fourth-order valence-corrected chi connectivity index (χ4v) is 4.03. The summed E-state index contributed by atoms with van der Waals surface area (Å²) in [7, 11) is -1.70. The Kier molecular flexibility index (Phi) is 4.47. The highest BCUT2D eigenvalue weighted by molar-refractivity contribution is 7.89. The molecular formula is C14H22N2O2S. The normalized spacial score (nSPS) is 23.5. The first kappa shape index (κ1) is 14.3. The maximum absolute atomic E-state index is 12.3. The minimum absolute atomic E-state index is 0.322. The van der Waals surface area contributed by atoms with Crippen molar-refractivity contribution in [3.8, 4) is 0 Å². The number of hydrogen-bond donors (Lipinski definition) is 2. The van der Waals surface area contributed by atoms with E-state index in [9.17, 15) is 8.42 Å². The Hall–Kier alpha value is -1.07. The fourth-order valence-electron chi connectivity index (χ4n) is 2.73. The molecule has 2 N–H and O–H groups in total. The first-order chi connectivity index (χ1) is 9.04. The van der Waals surface area contributed by atoms with Crippen molar-refractivity contribution in [2.45, 2.75) is 31.1 Å². The van der Waals surface area contributed by atoms with Crippen molar-refractivity contribution < 1.29 is 8.42 Å². The third-order valence-electron chi connectivity index (χ3n) is 4.02. The molecule has 5 heteroatoms. The molecule has 1 saturated carbocycles. The second kappa shape index (κ2) is 5.92. The van der Waals surface area contributed by atoms with Gasteiger partial charge in [0.25, 0.3) is 0 Å². The van der Waals surface area contributed by atoms with Gasteiger partial charge in [-0.1, -0.05) is 31.9 Å². The molecule has 0 bridgehead atoms. The Labute approximate surface area is 115 Å². The molecule has 0 radical (unpaired) electrons. The zero-order valence-corrected chi connectivity index (χ0v) is 12.3. The van der Waals surface area contributed by atoms with E-state index in [4.69, 9.17) is 0 Å². The summed E-state index contributed by atoms with van der Waals surface area (Å²) in [6.07, 6.45) is 3.54. The van der Waals surface area contributed by atoms with E-state index in [0.717, 1.165) is 6.42 Å². The lowest BCUT2D eigenvalue weighted by atomic mass is 9.99. The van der Waals surface area contributed by atoms with Gasteiger partial charge in [0, 0.05) is 13.6 Å². The van der Waals surface area contributed by atoms with Crippen molar-refractivity contribution in [1.82, 2.24) is 4.72 Å². The lowest BCUT2D eigenvalue weighted by Crippen LogP contribution is -2.30. The van der Waals surface area contributed by atoms with E-state index in [1.807, 2.05) is 6.07 Å². The first-order valence-corrected chi connectivity index (χ1v) is 8.29. The highest BCUT2D eigenvalue weighted by atomic mass is 32.2. The third-order valence-corrected chi connectivity index (χ3v) is 5.50. The average molecular weight is 282 g/mol. The minimum Gasteiger partial charge on any atom is -0.387 e. The van der Waals surface area contributed by atoms with Gasteiger partial charge in [-0.15, -0.1) is 0 Å². The number of nitrogens with one attached hydrogen (secondary N) is 2. The molecular weight excluding hydrogens is 260 g/mol. The van der Waals surface area contributed by atoms with Crippen LogP contribution in [0.15, 0.2) is 29.2 Å². The van der Waals surface area contributed by atoms with Gasteiger partial charge >= 0.3 is 0 Å². The molecule has 1 aliphatic carbocycles. The summed E-state index contributed by atoms with van der Waals surface area (Å²) in [5.41, 5.74) is 0.634. The van der Waals surface area contributed by atoms with E-state index < -0.39 is 10.0 Å². The average Bonchev–Trinajstić information content (AvgIpc) is 2.82. The highest BCUT2D eigenvalue weighted by Gasteiger charge is 2.26. The number of para-hydroxylation sites is 1. The SMILES string of the molecule is CNc1ccccc1S(=O)(=O)NCC1CCCC1C. The fraction of sp³-hybridized carbons (Fsp3) is 0.571. The third kappa shape index (κ3) is 3.28. The largest absolute Gasteiger partial charge is 0.387 e. The summed E-state index contributed by atoms with van der Waals surface area (Å²) in [6.45, 7) is 2.75. The molecule has 0 saturated heterocycles. The maximum Gasteiger partial charge on any atom is 0.242 e. The smallest absolute Gasteiger partial charge is 0.242 e. The molecule has 1 aromatic rings. The van der Waals surface area contributed by atoms with Gasteiger partial charge in [-0.2, -0.15) is 0 Å². The molecule has 1 aliphatic rings. The predicted molar refractivity (Wildman–Crippen MR) is 77.7 cm³/mol. The number of hydrogen-bond acceptors (Lipinski definition) is 3. The predicted octanol–water partition coefficient (Wildman–Crippen LogP) is 2.44. The van der Waals surface area contributed by atoms with E-state index in [-0.39, 0.29) is 0 Å². The van der Waals surface area contributed by atoms with Crippen LogP contribution in [0.2, 0.25) is 0 Å². The lowest BCUT2D eigenvalue weighted by Gasteiger charge is -2.17. The van der Waals surface area contributed by atoms with E-state index in [1.165, 1.54) is 12.8 Å². The minimum atomic E-state index is -3.43. The van der Waals surface area contributed by atoms with Crippen LogP contribution in [0.25, 0.3) is 0 Å². The summed E-state index contributed by atoms with van der Waals surface area (Å²) in [5.74, 6) is 1.08. The van der Waals surface area contributed by atoms with Gasteiger partial charge in [0.2, 0.25) is 10.0 Å². The van der Waals surface area contributed by atoms with Crippen molar-refractivity contribution in [3.05, 3.63) is 24.3 Å². The molecule has 0 aliphatic heterocycles. The standard InChI is InChI=1S/C14H22N2O2S/c1-11-6-5-7-12(11)10-16-19(17,18)14-9-4-3-8-13(14)15-2/h3-4,8-9,11-12,15-16H,5-7,10H2,1-2H3. The van der Waals surface area contributed by atoms with Crippen LogP contribution >= 0.6 is 0 Å². The lowest BCUT2D eigenvalue weighted by molar-refractivity contribution is 0.414. The van der Waals surface area contributed by atoms with Gasteiger partial charge in [-0.3, -0.25) is 0 Å². The van der Waals surface area contributed by atoms with Crippen molar-refractivity contribution in [2.75, 3.05) is 18.9 Å². The first-order valence-electron chi connectivity index (χ1n) is 6.81. The van der Waals surface area contributed by atoms with Gasteiger partial charge in [-0.25, -0.2) is 13.1 Å². The Morgan fingerprint density at radius 1 is 1.26 bits per heavy atom. The van der Waals surface area contributed by atoms with E-state index in [1.54, 1.807) is 25.2 Å². The monoisotopic (exact) mass is 282 g/mol. The van der Waals surface area contributed by atoms with Gasteiger partial charge in [-0.05, 0) is 30.4 Å².